The Bertz CT molecular complexity index is 506. The van der Waals surface area contributed by atoms with Gasteiger partial charge in [-0.1, -0.05) is 27.7 Å². The molecule has 144 valence electrons. The molecule has 10 heteroatoms. The topological polar surface area (TPSA) is 173 Å². The standard InChI is InChI=1S/C15H26N2O8/c1-6(2)5-8(14(22)23)16-12(20)10(18)11(19)13(21)17-9(7(3)4)15(24)25/h6-11,18-19H,5H2,1-4H3,(H,16,20)(H,17,21)(H,22,23)(H,24,25)/t8-,9-,10+,11+/m0/s1. The van der Waals surface area contributed by atoms with Crippen molar-refractivity contribution < 1.29 is 39.6 Å². The zero-order valence-electron chi connectivity index (χ0n) is 14.6. The van der Waals surface area contributed by atoms with Gasteiger partial charge < -0.3 is 31.1 Å². The van der Waals surface area contributed by atoms with Crippen LogP contribution in [0.15, 0.2) is 0 Å². The van der Waals surface area contributed by atoms with Crippen LogP contribution in [0, 0.1) is 11.8 Å². The smallest absolute Gasteiger partial charge is 0.326 e. The first-order chi connectivity index (χ1) is 11.4. The minimum atomic E-state index is -2.24. The van der Waals surface area contributed by atoms with Crippen LogP contribution >= 0.6 is 0 Å². The van der Waals surface area contributed by atoms with E-state index >= 15 is 0 Å². The summed E-state index contributed by atoms with van der Waals surface area (Å²) in [7, 11) is 0. The van der Waals surface area contributed by atoms with Crippen LogP contribution in [0.25, 0.3) is 0 Å². The van der Waals surface area contributed by atoms with Crippen LogP contribution in [0.4, 0.5) is 0 Å². The van der Waals surface area contributed by atoms with Crippen molar-refractivity contribution in [3.8, 4) is 0 Å². The van der Waals surface area contributed by atoms with E-state index in [2.05, 4.69) is 0 Å². The fourth-order valence-corrected chi connectivity index (χ4v) is 1.99. The molecule has 0 saturated heterocycles. The van der Waals surface area contributed by atoms with E-state index in [4.69, 9.17) is 10.2 Å². The zero-order chi connectivity index (χ0) is 19.9. The van der Waals surface area contributed by atoms with Crippen molar-refractivity contribution in [2.45, 2.75) is 58.4 Å². The highest BCUT2D eigenvalue weighted by atomic mass is 16.4. The summed E-state index contributed by atoms with van der Waals surface area (Å²) in [4.78, 5) is 45.8. The molecule has 0 rings (SSSR count). The van der Waals surface area contributed by atoms with Gasteiger partial charge in [-0.2, -0.15) is 0 Å². The van der Waals surface area contributed by atoms with Gasteiger partial charge in [-0.3, -0.25) is 9.59 Å². The number of aliphatic carboxylic acids is 2. The molecule has 0 aromatic heterocycles. The van der Waals surface area contributed by atoms with Crippen LogP contribution in [0.3, 0.4) is 0 Å². The van der Waals surface area contributed by atoms with Crippen LogP contribution in [0.5, 0.6) is 0 Å². The lowest BCUT2D eigenvalue weighted by Crippen LogP contribution is -2.55. The maximum absolute atomic E-state index is 11.9. The first-order valence-electron chi connectivity index (χ1n) is 7.80. The number of carbonyl (C=O) groups excluding carboxylic acids is 2. The number of nitrogens with one attached hydrogen (secondary N) is 2. The Morgan fingerprint density at radius 1 is 0.800 bits per heavy atom. The number of hydrogen-bond donors (Lipinski definition) is 6. The second-order valence-electron chi connectivity index (χ2n) is 6.49. The Balaban J connectivity index is 4.92. The molecule has 0 spiro atoms. The third-order valence-electron chi connectivity index (χ3n) is 3.39. The molecule has 0 aromatic carbocycles. The molecule has 0 aromatic rings. The summed E-state index contributed by atoms with van der Waals surface area (Å²) in [5.41, 5.74) is 0. The van der Waals surface area contributed by atoms with Gasteiger partial charge in [0.1, 0.15) is 12.1 Å². The molecule has 0 aliphatic rings. The van der Waals surface area contributed by atoms with Gasteiger partial charge in [0, 0.05) is 0 Å². The van der Waals surface area contributed by atoms with Crippen molar-refractivity contribution in [3.63, 3.8) is 0 Å². The van der Waals surface area contributed by atoms with E-state index in [1.807, 2.05) is 10.6 Å². The van der Waals surface area contributed by atoms with Gasteiger partial charge in [0.05, 0.1) is 0 Å². The summed E-state index contributed by atoms with van der Waals surface area (Å²) in [6, 6.07) is -2.61. The van der Waals surface area contributed by atoms with Crippen molar-refractivity contribution in [2.75, 3.05) is 0 Å². The molecular formula is C15H26N2O8. The zero-order valence-corrected chi connectivity index (χ0v) is 14.6. The average molecular weight is 362 g/mol. The van der Waals surface area contributed by atoms with Gasteiger partial charge in [0.25, 0.3) is 11.8 Å². The number of carboxylic acids is 2. The number of amides is 2. The number of hydrogen-bond acceptors (Lipinski definition) is 6. The molecule has 10 nitrogen and oxygen atoms in total. The van der Waals surface area contributed by atoms with Gasteiger partial charge in [-0.05, 0) is 18.3 Å². The van der Waals surface area contributed by atoms with Crippen molar-refractivity contribution in [2.24, 2.45) is 11.8 Å². The molecule has 0 bridgehead atoms. The molecule has 2 amide bonds. The second-order valence-corrected chi connectivity index (χ2v) is 6.49. The summed E-state index contributed by atoms with van der Waals surface area (Å²) in [6.45, 7) is 6.52. The monoisotopic (exact) mass is 362 g/mol. The van der Waals surface area contributed by atoms with Crippen LogP contribution in [-0.4, -0.2) is 68.5 Å². The molecule has 0 aliphatic heterocycles. The molecular weight excluding hydrogens is 336 g/mol. The molecule has 0 aliphatic carbocycles. The highest BCUT2D eigenvalue weighted by molar-refractivity contribution is 5.93. The van der Waals surface area contributed by atoms with Crippen molar-refractivity contribution in [1.29, 1.82) is 0 Å². The number of carbonyl (C=O) groups is 4. The predicted octanol–water partition coefficient (Wildman–Crippen LogP) is -1.45. The molecule has 0 heterocycles. The van der Waals surface area contributed by atoms with Crippen molar-refractivity contribution >= 4 is 23.8 Å². The van der Waals surface area contributed by atoms with Gasteiger partial charge in [-0.15, -0.1) is 0 Å². The maximum Gasteiger partial charge on any atom is 0.326 e. The molecule has 25 heavy (non-hydrogen) atoms. The van der Waals surface area contributed by atoms with E-state index in [1.165, 1.54) is 13.8 Å². The quantitative estimate of drug-likeness (QED) is 0.274. The first kappa shape index (κ1) is 22.8. The highest BCUT2D eigenvalue weighted by Crippen LogP contribution is 2.07. The van der Waals surface area contributed by atoms with E-state index in [0.29, 0.717) is 0 Å². The number of rotatable bonds is 10. The van der Waals surface area contributed by atoms with E-state index in [-0.39, 0.29) is 12.3 Å². The van der Waals surface area contributed by atoms with E-state index in [1.54, 1.807) is 13.8 Å². The Hall–Kier alpha value is -2.20. The summed E-state index contributed by atoms with van der Waals surface area (Å²) in [5.74, 6) is -5.71. The lowest BCUT2D eigenvalue weighted by atomic mass is 10.0. The molecule has 0 radical (unpaired) electrons. The fraction of sp³-hybridized carbons (Fsp3) is 0.733. The lowest BCUT2D eigenvalue weighted by Gasteiger charge is -2.23. The minimum absolute atomic E-state index is 0.0610. The molecule has 0 saturated carbocycles. The Morgan fingerprint density at radius 2 is 1.24 bits per heavy atom. The van der Waals surface area contributed by atoms with Crippen molar-refractivity contribution in [3.05, 3.63) is 0 Å². The summed E-state index contributed by atoms with van der Waals surface area (Å²) in [5, 5.41) is 41.6. The first-order valence-corrected chi connectivity index (χ1v) is 7.80. The summed E-state index contributed by atoms with van der Waals surface area (Å²) in [6.07, 6.45) is -4.39. The predicted molar refractivity (Wildman–Crippen MR) is 85.4 cm³/mol. The third kappa shape index (κ3) is 7.48. The maximum atomic E-state index is 11.9. The van der Waals surface area contributed by atoms with Gasteiger partial charge in [-0.25, -0.2) is 9.59 Å². The van der Waals surface area contributed by atoms with Gasteiger partial charge in [0.2, 0.25) is 0 Å². The third-order valence-corrected chi connectivity index (χ3v) is 3.39. The summed E-state index contributed by atoms with van der Waals surface area (Å²) < 4.78 is 0. The SMILES string of the molecule is CC(C)C[C@H](NC(=O)[C@H](O)[C@@H](O)C(=O)N[C@H](C(=O)O)C(C)C)C(=O)O. The minimum Gasteiger partial charge on any atom is -0.480 e. The van der Waals surface area contributed by atoms with Crippen LogP contribution < -0.4 is 10.6 Å². The van der Waals surface area contributed by atoms with Crippen LogP contribution in [0.2, 0.25) is 0 Å². The van der Waals surface area contributed by atoms with Crippen LogP contribution in [0.1, 0.15) is 34.1 Å². The van der Waals surface area contributed by atoms with E-state index in [0.717, 1.165) is 0 Å². The molecule has 0 fully saturated rings. The number of aliphatic hydroxyl groups is 2. The molecule has 0 unspecified atom stereocenters. The largest absolute Gasteiger partial charge is 0.480 e. The van der Waals surface area contributed by atoms with E-state index in [9.17, 15) is 29.4 Å². The fourth-order valence-electron chi connectivity index (χ4n) is 1.99. The lowest BCUT2D eigenvalue weighted by molar-refractivity contribution is -0.152. The Labute approximate surface area is 145 Å². The van der Waals surface area contributed by atoms with Gasteiger partial charge >= 0.3 is 11.9 Å². The van der Waals surface area contributed by atoms with Crippen molar-refractivity contribution in [1.82, 2.24) is 10.6 Å². The van der Waals surface area contributed by atoms with E-state index < -0.39 is 54.0 Å². The highest BCUT2D eigenvalue weighted by Gasteiger charge is 2.35. The Morgan fingerprint density at radius 3 is 1.56 bits per heavy atom. The number of carboxylic acid groups (broad SMARTS) is 2. The Kier molecular flexibility index (Phi) is 9.07. The molecule has 4 atom stereocenters. The molecule has 6 N–H and O–H groups in total. The van der Waals surface area contributed by atoms with Crippen LogP contribution in [-0.2, 0) is 19.2 Å². The second kappa shape index (κ2) is 9.94. The normalized spacial score (nSPS) is 16.0. The average Bonchev–Trinajstić information content (AvgIpc) is 2.48. The summed E-state index contributed by atoms with van der Waals surface area (Å²) >= 11 is 0. The number of aliphatic hydroxyl groups excluding tert-OH is 2. The van der Waals surface area contributed by atoms with Gasteiger partial charge in [0.15, 0.2) is 12.2 Å².